The fourth-order valence-corrected chi connectivity index (χ4v) is 3.47. The molecule has 0 spiro atoms. The molecule has 0 aliphatic carbocycles. The molecule has 2 aromatic heterocycles. The number of aromatic nitrogens is 4. The van der Waals surface area contributed by atoms with Crippen molar-refractivity contribution in [3.8, 4) is 6.07 Å². The average molecular weight is 450 g/mol. The van der Waals surface area contributed by atoms with Crippen LogP contribution >= 0.6 is 0 Å². The monoisotopic (exact) mass is 450 g/mol. The molecule has 10 nitrogen and oxygen atoms in total. The van der Waals surface area contributed by atoms with Crippen molar-refractivity contribution in [3.63, 3.8) is 0 Å². The zero-order valence-electron chi connectivity index (χ0n) is 16.9. The number of aliphatic carboxylic acids is 1. The van der Waals surface area contributed by atoms with E-state index >= 15 is 0 Å². The van der Waals surface area contributed by atoms with Gasteiger partial charge in [-0.2, -0.15) is 18.4 Å². The Morgan fingerprint density at radius 3 is 2.66 bits per heavy atom. The van der Waals surface area contributed by atoms with E-state index in [9.17, 15) is 13.2 Å². The number of nitrogens with zero attached hydrogens (tertiary/aromatic N) is 6. The molecule has 2 aromatic rings. The largest absolute Gasteiger partial charge is 0.490 e. The number of anilines is 2. The number of carbonyl (C=O) groups is 1. The van der Waals surface area contributed by atoms with Crippen molar-refractivity contribution in [2.24, 2.45) is 0 Å². The molecule has 0 radical (unpaired) electrons. The number of fused-ring (bicyclic) bond motifs is 1. The molecule has 13 heteroatoms. The zero-order chi connectivity index (χ0) is 23.1. The SMILES string of the molecule is N#Cc1cnc(N[C@@H]2CCCN(c3ncnc4c3CCNC4)C2)nc1.O=C(O)C(F)(F)F. The second kappa shape index (κ2) is 10.2. The molecular formula is C19H21F3N8O2. The van der Waals surface area contributed by atoms with Crippen molar-refractivity contribution in [1.29, 1.82) is 5.26 Å². The average Bonchev–Trinajstić information content (AvgIpc) is 2.79. The van der Waals surface area contributed by atoms with Gasteiger partial charge in [-0.05, 0) is 25.8 Å². The van der Waals surface area contributed by atoms with Crippen LogP contribution in [0.5, 0.6) is 0 Å². The van der Waals surface area contributed by atoms with E-state index in [-0.39, 0.29) is 6.04 Å². The second-order valence-corrected chi connectivity index (χ2v) is 7.19. The molecule has 4 heterocycles. The number of hydrogen-bond donors (Lipinski definition) is 3. The van der Waals surface area contributed by atoms with Gasteiger partial charge in [-0.15, -0.1) is 0 Å². The highest BCUT2D eigenvalue weighted by molar-refractivity contribution is 5.73. The Balaban J connectivity index is 0.000000360. The van der Waals surface area contributed by atoms with Gasteiger partial charge in [-0.25, -0.2) is 24.7 Å². The topological polar surface area (TPSA) is 140 Å². The lowest BCUT2D eigenvalue weighted by atomic mass is 10.0. The first-order valence-electron chi connectivity index (χ1n) is 9.85. The van der Waals surface area contributed by atoms with Crippen LogP contribution in [0.1, 0.15) is 29.7 Å². The molecule has 2 aliphatic rings. The van der Waals surface area contributed by atoms with E-state index in [1.807, 2.05) is 6.07 Å². The molecule has 3 N–H and O–H groups in total. The van der Waals surface area contributed by atoms with Crippen LogP contribution in [0.2, 0.25) is 0 Å². The summed E-state index contributed by atoms with van der Waals surface area (Å²) in [6.45, 7) is 3.66. The summed E-state index contributed by atoms with van der Waals surface area (Å²) in [4.78, 5) is 28.7. The number of alkyl halides is 3. The van der Waals surface area contributed by atoms with E-state index in [0.29, 0.717) is 11.5 Å². The van der Waals surface area contributed by atoms with Crippen LogP contribution in [-0.4, -0.2) is 62.9 Å². The molecule has 0 aromatic carbocycles. The summed E-state index contributed by atoms with van der Waals surface area (Å²) in [5, 5.41) is 22.7. The number of carboxylic acids is 1. The lowest BCUT2D eigenvalue weighted by Gasteiger charge is -2.35. The molecule has 0 amide bonds. The summed E-state index contributed by atoms with van der Waals surface area (Å²) < 4.78 is 31.7. The number of halogens is 3. The number of rotatable bonds is 3. The van der Waals surface area contributed by atoms with Gasteiger partial charge in [0.15, 0.2) is 0 Å². The van der Waals surface area contributed by atoms with Gasteiger partial charge in [0, 0.05) is 31.2 Å². The fraction of sp³-hybridized carbons (Fsp3) is 0.474. The van der Waals surface area contributed by atoms with E-state index in [1.54, 1.807) is 18.7 Å². The first-order valence-corrected chi connectivity index (χ1v) is 9.85. The Morgan fingerprint density at radius 2 is 2.00 bits per heavy atom. The third-order valence-corrected chi connectivity index (χ3v) is 4.93. The summed E-state index contributed by atoms with van der Waals surface area (Å²) in [6.07, 6.45) is 2.80. The molecule has 2 aliphatic heterocycles. The molecule has 0 saturated carbocycles. The van der Waals surface area contributed by atoms with Crippen molar-refractivity contribution in [3.05, 3.63) is 35.5 Å². The molecule has 0 bridgehead atoms. The van der Waals surface area contributed by atoms with Crippen molar-refractivity contribution in [2.45, 2.75) is 38.0 Å². The Hall–Kier alpha value is -3.53. The van der Waals surface area contributed by atoms with Gasteiger partial charge < -0.3 is 20.6 Å². The number of nitriles is 1. The predicted octanol–water partition coefficient (Wildman–Crippen LogP) is 1.50. The molecule has 1 atom stereocenters. The highest BCUT2D eigenvalue weighted by atomic mass is 19.4. The maximum Gasteiger partial charge on any atom is 0.490 e. The maximum absolute atomic E-state index is 10.6. The van der Waals surface area contributed by atoms with E-state index < -0.39 is 12.1 Å². The van der Waals surface area contributed by atoms with Gasteiger partial charge in [-0.3, -0.25) is 0 Å². The Morgan fingerprint density at radius 1 is 1.28 bits per heavy atom. The van der Waals surface area contributed by atoms with Crippen LogP contribution in [0.4, 0.5) is 24.9 Å². The Bertz CT molecular complexity index is 978. The van der Waals surface area contributed by atoms with Crippen LogP contribution in [0.15, 0.2) is 18.7 Å². The van der Waals surface area contributed by atoms with Gasteiger partial charge >= 0.3 is 12.1 Å². The fourth-order valence-electron chi connectivity index (χ4n) is 3.47. The van der Waals surface area contributed by atoms with Crippen LogP contribution < -0.4 is 15.5 Å². The summed E-state index contributed by atoms with van der Waals surface area (Å²) in [5.74, 6) is -1.12. The number of piperidine rings is 1. The van der Waals surface area contributed by atoms with E-state index in [0.717, 1.165) is 57.0 Å². The minimum Gasteiger partial charge on any atom is -0.475 e. The van der Waals surface area contributed by atoms with E-state index in [4.69, 9.17) is 15.2 Å². The van der Waals surface area contributed by atoms with Gasteiger partial charge in [0.2, 0.25) is 5.95 Å². The van der Waals surface area contributed by atoms with Crippen molar-refractivity contribution < 1.29 is 23.1 Å². The molecule has 0 unspecified atom stereocenters. The van der Waals surface area contributed by atoms with Crippen LogP contribution in [-0.2, 0) is 17.8 Å². The normalized spacial score (nSPS) is 17.9. The molecule has 170 valence electrons. The number of carboxylic acid groups (broad SMARTS) is 1. The van der Waals surface area contributed by atoms with Crippen molar-refractivity contribution in [2.75, 3.05) is 29.9 Å². The molecule has 1 saturated heterocycles. The highest BCUT2D eigenvalue weighted by Crippen LogP contribution is 2.26. The van der Waals surface area contributed by atoms with E-state index in [2.05, 4.69) is 35.5 Å². The van der Waals surface area contributed by atoms with Crippen molar-refractivity contribution in [1.82, 2.24) is 25.3 Å². The summed E-state index contributed by atoms with van der Waals surface area (Å²) >= 11 is 0. The summed E-state index contributed by atoms with van der Waals surface area (Å²) in [5.41, 5.74) is 2.86. The predicted molar refractivity (Wildman–Crippen MR) is 107 cm³/mol. The maximum atomic E-state index is 10.6. The van der Waals surface area contributed by atoms with Gasteiger partial charge in [0.1, 0.15) is 18.2 Å². The second-order valence-electron chi connectivity index (χ2n) is 7.19. The lowest BCUT2D eigenvalue weighted by Crippen LogP contribution is -2.43. The third kappa shape index (κ3) is 6.01. The van der Waals surface area contributed by atoms with Gasteiger partial charge in [-0.1, -0.05) is 0 Å². The summed E-state index contributed by atoms with van der Waals surface area (Å²) in [7, 11) is 0. The number of nitrogens with one attached hydrogen (secondary N) is 2. The molecule has 4 rings (SSSR count). The Labute approximate surface area is 181 Å². The quantitative estimate of drug-likeness (QED) is 0.630. The van der Waals surface area contributed by atoms with Gasteiger partial charge in [0.25, 0.3) is 0 Å². The minimum absolute atomic E-state index is 0.258. The highest BCUT2D eigenvalue weighted by Gasteiger charge is 2.38. The lowest BCUT2D eigenvalue weighted by molar-refractivity contribution is -0.192. The van der Waals surface area contributed by atoms with Gasteiger partial charge in [0.05, 0.1) is 23.7 Å². The first kappa shape index (κ1) is 23.1. The van der Waals surface area contributed by atoms with Crippen LogP contribution in [0.3, 0.4) is 0 Å². The summed E-state index contributed by atoms with van der Waals surface area (Å²) in [6, 6.07) is 2.29. The zero-order valence-corrected chi connectivity index (χ0v) is 16.9. The van der Waals surface area contributed by atoms with E-state index in [1.165, 1.54) is 5.56 Å². The van der Waals surface area contributed by atoms with Crippen LogP contribution in [0, 0.1) is 11.3 Å². The Kier molecular flexibility index (Phi) is 7.37. The first-order chi connectivity index (χ1) is 15.3. The standard InChI is InChI=1S/C17H20N8.C2HF3O2/c18-6-12-7-20-17(21-8-12)24-13-2-1-5-25(10-13)16-14-3-4-19-9-15(14)22-11-23-16;3-2(4,5)1(6)7/h7-8,11,13,19H,1-5,9-10H2,(H,20,21,24);(H,6,7)/t13-;/m1./s1. The van der Waals surface area contributed by atoms with Crippen molar-refractivity contribution >= 4 is 17.7 Å². The molecule has 32 heavy (non-hydrogen) atoms. The number of hydrogen-bond acceptors (Lipinski definition) is 9. The smallest absolute Gasteiger partial charge is 0.475 e. The van der Waals surface area contributed by atoms with Crippen LogP contribution in [0.25, 0.3) is 0 Å². The molecule has 1 fully saturated rings. The molecular weight excluding hydrogens is 429 g/mol. The third-order valence-electron chi connectivity index (χ3n) is 4.93. The minimum atomic E-state index is -5.08.